The van der Waals surface area contributed by atoms with Crippen LogP contribution in [0.4, 0.5) is 5.95 Å². The van der Waals surface area contributed by atoms with Crippen LogP contribution in [0.1, 0.15) is 48.0 Å². The van der Waals surface area contributed by atoms with Crippen LogP contribution in [0, 0.1) is 0 Å². The van der Waals surface area contributed by atoms with Gasteiger partial charge in [0, 0.05) is 11.1 Å². The number of anilines is 1. The molecule has 140 valence electrons. The first-order valence-corrected chi connectivity index (χ1v) is 10.6. The van der Waals surface area contributed by atoms with Crippen molar-refractivity contribution in [2.75, 3.05) is 5.73 Å². The first-order valence-electron chi connectivity index (χ1n) is 9.10. The molecule has 27 heavy (non-hydrogen) atoms. The number of nitrogens with two attached hydrogens (primary N) is 1. The van der Waals surface area contributed by atoms with Crippen molar-refractivity contribution in [3.63, 3.8) is 0 Å². The molecule has 0 unspecified atom stereocenters. The van der Waals surface area contributed by atoms with Crippen LogP contribution < -0.4 is 5.73 Å². The van der Waals surface area contributed by atoms with E-state index in [2.05, 4.69) is 4.98 Å². The number of imidazole rings is 1. The molecule has 0 atom stereocenters. The molecular formula is C20H21N3O3S. The van der Waals surface area contributed by atoms with Crippen LogP contribution in [0.15, 0.2) is 48.5 Å². The number of nitrogen functional groups attached to an aromatic ring is 1. The van der Waals surface area contributed by atoms with Crippen molar-refractivity contribution in [2.45, 2.75) is 37.4 Å². The van der Waals surface area contributed by atoms with Crippen LogP contribution in [0.25, 0.3) is 11.0 Å². The molecule has 7 heteroatoms. The van der Waals surface area contributed by atoms with Gasteiger partial charge in [0.05, 0.1) is 16.3 Å². The summed E-state index contributed by atoms with van der Waals surface area (Å²) in [7, 11) is -3.67. The van der Waals surface area contributed by atoms with Gasteiger partial charge in [-0.2, -0.15) is 0 Å². The third-order valence-corrected chi connectivity index (χ3v) is 7.37. The predicted molar refractivity (Wildman–Crippen MR) is 105 cm³/mol. The van der Waals surface area contributed by atoms with Gasteiger partial charge in [0.1, 0.15) is 0 Å². The second-order valence-corrected chi connectivity index (χ2v) is 9.00. The van der Waals surface area contributed by atoms with E-state index in [0.717, 1.165) is 23.2 Å². The van der Waals surface area contributed by atoms with E-state index in [0.29, 0.717) is 35.0 Å². The topological polar surface area (TPSA) is 95.0 Å². The van der Waals surface area contributed by atoms with Crippen LogP contribution in [0.2, 0.25) is 0 Å². The fourth-order valence-corrected chi connectivity index (χ4v) is 5.70. The zero-order valence-electron chi connectivity index (χ0n) is 14.8. The molecule has 1 saturated carbocycles. The first kappa shape index (κ1) is 17.7. The fourth-order valence-electron chi connectivity index (χ4n) is 3.75. The zero-order chi connectivity index (χ0) is 19.0. The maximum atomic E-state index is 13.2. The lowest BCUT2D eigenvalue weighted by Gasteiger charge is -2.22. The van der Waals surface area contributed by atoms with E-state index in [4.69, 9.17) is 5.73 Å². The molecule has 1 fully saturated rings. The summed E-state index contributed by atoms with van der Waals surface area (Å²) in [5, 5.41) is -0.459. The molecule has 1 aliphatic rings. The predicted octanol–water partition coefficient (Wildman–Crippen LogP) is 3.36. The first-order chi connectivity index (χ1) is 13.0. The average molecular weight is 383 g/mol. The van der Waals surface area contributed by atoms with Gasteiger partial charge in [0.25, 0.3) is 0 Å². The summed E-state index contributed by atoms with van der Waals surface area (Å²) in [5.74, 6) is -0.223. The van der Waals surface area contributed by atoms with Crippen LogP contribution in [-0.4, -0.2) is 28.4 Å². The van der Waals surface area contributed by atoms with Gasteiger partial charge < -0.3 is 5.73 Å². The molecule has 1 heterocycles. The van der Waals surface area contributed by atoms with E-state index in [1.54, 1.807) is 42.5 Å². The monoisotopic (exact) mass is 383 g/mol. The molecule has 4 rings (SSSR count). The van der Waals surface area contributed by atoms with Crippen LogP contribution in [0.3, 0.4) is 0 Å². The molecule has 6 nitrogen and oxygen atoms in total. The van der Waals surface area contributed by atoms with Crippen molar-refractivity contribution < 1.29 is 13.2 Å². The van der Waals surface area contributed by atoms with Crippen LogP contribution in [-0.2, 0) is 10.0 Å². The smallest absolute Gasteiger partial charge is 0.244 e. The fraction of sp³-hybridized carbons (Fsp3) is 0.300. The van der Waals surface area contributed by atoms with Gasteiger partial charge in [-0.25, -0.2) is 17.4 Å². The quantitative estimate of drug-likeness (QED) is 0.697. The highest BCUT2D eigenvalue weighted by Crippen LogP contribution is 2.30. The summed E-state index contributed by atoms with van der Waals surface area (Å²) in [5.41, 5.74) is 7.76. The van der Waals surface area contributed by atoms with Gasteiger partial charge in [-0.05, 0) is 31.0 Å². The lowest BCUT2D eigenvalue weighted by atomic mass is 10.0. The number of benzene rings is 2. The van der Waals surface area contributed by atoms with Gasteiger partial charge in [0.15, 0.2) is 5.78 Å². The Hall–Kier alpha value is -2.67. The van der Waals surface area contributed by atoms with Crippen molar-refractivity contribution in [1.29, 1.82) is 0 Å². The molecule has 1 aromatic heterocycles. The molecule has 1 aliphatic carbocycles. The third-order valence-electron chi connectivity index (χ3n) is 5.16. The van der Waals surface area contributed by atoms with Gasteiger partial charge in [0.2, 0.25) is 16.0 Å². The van der Waals surface area contributed by atoms with Gasteiger partial charge in [-0.1, -0.05) is 49.6 Å². The molecule has 2 aromatic carbocycles. The summed E-state index contributed by atoms with van der Waals surface area (Å²) in [4.78, 5) is 16.9. The van der Waals surface area contributed by atoms with E-state index in [1.165, 1.54) is 0 Å². The average Bonchev–Trinajstić information content (AvgIpc) is 3.04. The number of hydrogen-bond donors (Lipinski definition) is 1. The van der Waals surface area contributed by atoms with E-state index < -0.39 is 15.3 Å². The minimum absolute atomic E-state index is 0.0557. The van der Waals surface area contributed by atoms with Crippen molar-refractivity contribution >= 4 is 32.8 Å². The second-order valence-electron chi connectivity index (χ2n) is 6.94. The lowest BCUT2D eigenvalue weighted by Crippen LogP contribution is -2.30. The Balaban J connectivity index is 1.82. The molecule has 0 radical (unpaired) electrons. The number of nitrogens with zero attached hydrogens (tertiary/aromatic N) is 2. The molecule has 2 N–H and O–H groups in total. The number of carbonyl (C=O) groups excluding carboxylic acids is 1. The number of rotatable bonds is 4. The Morgan fingerprint density at radius 3 is 2.41 bits per heavy atom. The molecule has 0 spiro atoms. The Morgan fingerprint density at radius 2 is 1.70 bits per heavy atom. The van der Waals surface area contributed by atoms with Gasteiger partial charge in [-0.3, -0.25) is 4.79 Å². The molecule has 0 saturated heterocycles. The van der Waals surface area contributed by atoms with E-state index in [9.17, 15) is 13.2 Å². The number of fused-ring (bicyclic) bond motifs is 1. The Kier molecular flexibility index (Phi) is 4.47. The highest BCUT2D eigenvalue weighted by Gasteiger charge is 2.32. The summed E-state index contributed by atoms with van der Waals surface area (Å²) in [6.45, 7) is 0. The maximum Gasteiger partial charge on any atom is 0.244 e. The Bertz CT molecular complexity index is 1100. The van der Waals surface area contributed by atoms with E-state index in [-0.39, 0.29) is 11.7 Å². The molecule has 3 aromatic rings. The number of carbonyl (C=O) groups is 1. The third kappa shape index (κ3) is 3.12. The van der Waals surface area contributed by atoms with Crippen molar-refractivity contribution in [3.05, 3.63) is 59.7 Å². The number of aromatic nitrogens is 2. The van der Waals surface area contributed by atoms with Crippen molar-refractivity contribution in [2.24, 2.45) is 0 Å². The minimum Gasteiger partial charge on any atom is -0.368 e. The van der Waals surface area contributed by atoms with Crippen molar-refractivity contribution in [3.8, 4) is 0 Å². The maximum absolute atomic E-state index is 13.2. The number of hydrogen-bond acceptors (Lipinski definition) is 5. The van der Waals surface area contributed by atoms with Crippen LogP contribution in [0.5, 0.6) is 0 Å². The van der Waals surface area contributed by atoms with E-state index >= 15 is 0 Å². The summed E-state index contributed by atoms with van der Waals surface area (Å²) < 4.78 is 27.5. The van der Waals surface area contributed by atoms with Crippen molar-refractivity contribution in [1.82, 2.24) is 8.96 Å². The SMILES string of the molecule is Nc1nc2ccc(C(=O)c3ccccc3)cc2n1S(=O)(=O)C1CCCCC1. The van der Waals surface area contributed by atoms with Gasteiger partial charge >= 0.3 is 0 Å². The number of ketones is 1. The standard InChI is InChI=1S/C20H21N3O3S/c21-20-22-17-12-11-15(19(24)14-7-3-1-4-8-14)13-18(17)23(20)27(25,26)16-9-5-2-6-10-16/h1,3-4,7-8,11-13,16H,2,5-6,9-10H2,(H2,21,22). The summed E-state index contributed by atoms with van der Waals surface area (Å²) in [6, 6.07) is 13.8. The van der Waals surface area contributed by atoms with Gasteiger partial charge in [-0.15, -0.1) is 0 Å². The Morgan fingerprint density at radius 1 is 1.00 bits per heavy atom. The second kappa shape index (κ2) is 6.81. The van der Waals surface area contributed by atoms with Crippen LogP contribution >= 0.6 is 0 Å². The zero-order valence-corrected chi connectivity index (χ0v) is 15.7. The highest BCUT2D eigenvalue weighted by molar-refractivity contribution is 7.90. The molecule has 0 amide bonds. The largest absolute Gasteiger partial charge is 0.368 e. The molecular weight excluding hydrogens is 362 g/mol. The normalized spacial score (nSPS) is 15.9. The summed E-state index contributed by atoms with van der Waals surface area (Å²) >= 11 is 0. The molecule has 0 bridgehead atoms. The minimum atomic E-state index is -3.67. The summed E-state index contributed by atoms with van der Waals surface area (Å²) in [6.07, 6.45) is 4.11. The highest BCUT2D eigenvalue weighted by atomic mass is 32.2. The lowest BCUT2D eigenvalue weighted by molar-refractivity contribution is 0.103. The Labute approximate surface area is 158 Å². The van der Waals surface area contributed by atoms with E-state index in [1.807, 2.05) is 6.07 Å². The molecule has 0 aliphatic heterocycles.